The first-order valence-corrected chi connectivity index (χ1v) is 7.39. The second-order valence-electron chi connectivity index (χ2n) is 5.64. The van der Waals surface area contributed by atoms with E-state index in [-0.39, 0.29) is 6.04 Å². The molecule has 2 aromatic rings. The molecule has 3 rings (SSSR count). The molecule has 3 N–H and O–H groups in total. The van der Waals surface area contributed by atoms with Crippen LogP contribution >= 0.6 is 0 Å². The molecule has 1 aliphatic rings. The van der Waals surface area contributed by atoms with Crippen molar-refractivity contribution in [2.45, 2.75) is 32.7 Å². The number of anilines is 4. The van der Waals surface area contributed by atoms with Crippen LogP contribution in [0.3, 0.4) is 0 Å². The molecule has 1 aliphatic heterocycles. The number of nitrogens with two attached hydrogens (primary N) is 1. The lowest BCUT2D eigenvalue weighted by Crippen LogP contribution is -2.27. The van der Waals surface area contributed by atoms with Crippen LogP contribution in [0.5, 0.6) is 0 Å². The van der Waals surface area contributed by atoms with Crippen molar-refractivity contribution >= 4 is 23.0 Å². The van der Waals surface area contributed by atoms with Gasteiger partial charge in [0.1, 0.15) is 12.0 Å². The third-order valence-corrected chi connectivity index (χ3v) is 3.65. The number of hydrogen-bond acceptors (Lipinski definition) is 5. The molecule has 0 fully saturated rings. The molecule has 0 saturated carbocycles. The standard InChI is InChI=1S/C16H21N5/c1-11(2)20-15-14(17)16(19-10-18-15)21-9-5-7-12-6-3-4-8-13(12)21/h3-4,6,8,10-11H,5,7,9,17H2,1-2H3,(H,18,19,20). The Labute approximate surface area is 125 Å². The lowest BCUT2D eigenvalue weighted by molar-refractivity contribution is 0.759. The fourth-order valence-electron chi connectivity index (χ4n) is 2.74. The SMILES string of the molecule is CC(C)Nc1ncnc(N2CCCc3ccccc32)c1N. The summed E-state index contributed by atoms with van der Waals surface area (Å²) in [7, 11) is 0. The summed E-state index contributed by atoms with van der Waals surface area (Å²) >= 11 is 0. The maximum Gasteiger partial charge on any atom is 0.161 e. The molecule has 5 heteroatoms. The van der Waals surface area contributed by atoms with E-state index in [4.69, 9.17) is 5.73 Å². The smallest absolute Gasteiger partial charge is 0.161 e. The van der Waals surface area contributed by atoms with Gasteiger partial charge in [0, 0.05) is 18.3 Å². The molecule has 5 nitrogen and oxygen atoms in total. The Morgan fingerprint density at radius 3 is 2.86 bits per heavy atom. The summed E-state index contributed by atoms with van der Waals surface area (Å²) in [4.78, 5) is 10.9. The Hall–Kier alpha value is -2.30. The summed E-state index contributed by atoms with van der Waals surface area (Å²) < 4.78 is 0. The Balaban J connectivity index is 2.02. The van der Waals surface area contributed by atoms with Crippen LogP contribution in [0, 0.1) is 0 Å². The van der Waals surface area contributed by atoms with E-state index in [1.807, 2.05) is 0 Å². The van der Waals surface area contributed by atoms with E-state index in [2.05, 4.69) is 58.3 Å². The highest BCUT2D eigenvalue weighted by atomic mass is 15.2. The van der Waals surface area contributed by atoms with Crippen LogP contribution in [-0.2, 0) is 6.42 Å². The van der Waals surface area contributed by atoms with Gasteiger partial charge in [-0.2, -0.15) is 0 Å². The normalized spacial score (nSPS) is 14.1. The van der Waals surface area contributed by atoms with Crippen LogP contribution in [0.4, 0.5) is 23.0 Å². The molecule has 0 bridgehead atoms. The zero-order valence-corrected chi connectivity index (χ0v) is 12.5. The second kappa shape index (κ2) is 5.60. The van der Waals surface area contributed by atoms with Crippen molar-refractivity contribution in [3.05, 3.63) is 36.2 Å². The fraction of sp³-hybridized carbons (Fsp3) is 0.375. The summed E-state index contributed by atoms with van der Waals surface area (Å²) in [5, 5.41) is 3.27. The Bertz CT molecular complexity index is 638. The quantitative estimate of drug-likeness (QED) is 0.906. The summed E-state index contributed by atoms with van der Waals surface area (Å²) in [5.74, 6) is 1.50. The first-order valence-electron chi connectivity index (χ1n) is 7.39. The van der Waals surface area contributed by atoms with Crippen molar-refractivity contribution in [1.82, 2.24) is 9.97 Å². The van der Waals surface area contributed by atoms with E-state index in [0.29, 0.717) is 11.5 Å². The zero-order valence-electron chi connectivity index (χ0n) is 12.5. The summed E-state index contributed by atoms with van der Waals surface area (Å²) in [6.07, 6.45) is 3.79. The molecule has 2 heterocycles. The van der Waals surface area contributed by atoms with Crippen molar-refractivity contribution in [3.8, 4) is 0 Å². The summed E-state index contributed by atoms with van der Waals surface area (Å²) in [6.45, 7) is 5.06. The van der Waals surface area contributed by atoms with Gasteiger partial charge in [-0.25, -0.2) is 9.97 Å². The van der Waals surface area contributed by atoms with Gasteiger partial charge in [0.05, 0.1) is 0 Å². The number of rotatable bonds is 3. The van der Waals surface area contributed by atoms with Crippen LogP contribution < -0.4 is 16.0 Å². The van der Waals surface area contributed by atoms with Crippen LogP contribution in [0.15, 0.2) is 30.6 Å². The van der Waals surface area contributed by atoms with Gasteiger partial charge in [0.2, 0.25) is 0 Å². The van der Waals surface area contributed by atoms with E-state index < -0.39 is 0 Å². The number of para-hydroxylation sites is 1. The molecule has 110 valence electrons. The van der Waals surface area contributed by atoms with Gasteiger partial charge in [-0.1, -0.05) is 18.2 Å². The van der Waals surface area contributed by atoms with Crippen LogP contribution in [0.1, 0.15) is 25.8 Å². The van der Waals surface area contributed by atoms with Gasteiger partial charge in [0.25, 0.3) is 0 Å². The summed E-state index contributed by atoms with van der Waals surface area (Å²) in [6, 6.07) is 8.72. The number of hydrogen-bond donors (Lipinski definition) is 2. The lowest BCUT2D eigenvalue weighted by atomic mass is 10.0. The Morgan fingerprint density at radius 2 is 2.05 bits per heavy atom. The third kappa shape index (κ3) is 2.63. The average molecular weight is 283 g/mol. The molecule has 1 aromatic carbocycles. The number of nitrogens with one attached hydrogen (secondary N) is 1. The highest BCUT2D eigenvalue weighted by molar-refractivity contribution is 5.80. The number of aryl methyl sites for hydroxylation is 1. The number of nitrogen functional groups attached to an aromatic ring is 1. The molecular formula is C16H21N5. The second-order valence-corrected chi connectivity index (χ2v) is 5.64. The van der Waals surface area contributed by atoms with E-state index >= 15 is 0 Å². The number of aromatic nitrogens is 2. The first kappa shape index (κ1) is 13.7. The highest BCUT2D eigenvalue weighted by Gasteiger charge is 2.22. The van der Waals surface area contributed by atoms with Crippen molar-refractivity contribution in [3.63, 3.8) is 0 Å². The van der Waals surface area contributed by atoms with Gasteiger partial charge in [-0.3, -0.25) is 0 Å². The lowest BCUT2D eigenvalue weighted by Gasteiger charge is -2.31. The number of fused-ring (bicyclic) bond motifs is 1. The molecular weight excluding hydrogens is 262 g/mol. The topological polar surface area (TPSA) is 67.1 Å². The first-order chi connectivity index (χ1) is 10.2. The molecule has 0 saturated heterocycles. The van der Waals surface area contributed by atoms with Gasteiger partial charge in [-0.15, -0.1) is 0 Å². The van der Waals surface area contributed by atoms with Crippen LogP contribution in [-0.4, -0.2) is 22.6 Å². The third-order valence-electron chi connectivity index (χ3n) is 3.65. The maximum atomic E-state index is 6.29. The van der Waals surface area contributed by atoms with Crippen molar-refractivity contribution in [1.29, 1.82) is 0 Å². The van der Waals surface area contributed by atoms with E-state index in [0.717, 1.165) is 25.2 Å². The molecule has 0 spiro atoms. The largest absolute Gasteiger partial charge is 0.393 e. The van der Waals surface area contributed by atoms with E-state index in [1.165, 1.54) is 11.3 Å². The minimum Gasteiger partial charge on any atom is -0.393 e. The van der Waals surface area contributed by atoms with E-state index in [1.54, 1.807) is 6.33 Å². The van der Waals surface area contributed by atoms with E-state index in [9.17, 15) is 0 Å². The molecule has 0 unspecified atom stereocenters. The molecule has 1 aromatic heterocycles. The van der Waals surface area contributed by atoms with Crippen LogP contribution in [0.25, 0.3) is 0 Å². The fourth-order valence-corrected chi connectivity index (χ4v) is 2.74. The van der Waals surface area contributed by atoms with Gasteiger partial charge < -0.3 is 16.0 Å². The predicted molar refractivity (Wildman–Crippen MR) is 87.0 cm³/mol. The monoisotopic (exact) mass is 283 g/mol. The number of benzene rings is 1. The molecule has 0 amide bonds. The minimum absolute atomic E-state index is 0.281. The zero-order chi connectivity index (χ0) is 14.8. The minimum atomic E-state index is 0.281. The van der Waals surface area contributed by atoms with Gasteiger partial charge in [0.15, 0.2) is 11.6 Å². The van der Waals surface area contributed by atoms with Crippen molar-refractivity contribution in [2.75, 3.05) is 22.5 Å². The van der Waals surface area contributed by atoms with Gasteiger partial charge in [-0.05, 0) is 38.3 Å². The Morgan fingerprint density at radius 1 is 1.24 bits per heavy atom. The predicted octanol–water partition coefficient (Wildman–Crippen LogP) is 2.96. The molecule has 21 heavy (non-hydrogen) atoms. The molecule has 0 aliphatic carbocycles. The Kier molecular flexibility index (Phi) is 3.64. The summed E-state index contributed by atoms with van der Waals surface area (Å²) in [5.41, 5.74) is 9.45. The number of nitrogens with zero attached hydrogens (tertiary/aromatic N) is 3. The van der Waals surface area contributed by atoms with Crippen molar-refractivity contribution in [2.24, 2.45) is 0 Å². The van der Waals surface area contributed by atoms with Crippen molar-refractivity contribution < 1.29 is 0 Å². The molecule has 0 radical (unpaired) electrons. The van der Waals surface area contributed by atoms with Crippen LogP contribution in [0.2, 0.25) is 0 Å². The average Bonchev–Trinajstić information content (AvgIpc) is 2.49. The molecule has 0 atom stereocenters. The highest BCUT2D eigenvalue weighted by Crippen LogP contribution is 2.36. The maximum absolute atomic E-state index is 6.29. The van der Waals surface area contributed by atoms with Gasteiger partial charge >= 0.3 is 0 Å².